The number of hydrogen-bond acceptors (Lipinski definition) is 3. The largest absolute Gasteiger partial charge is 0.478 e. The number of aryl methyl sites for hydroxylation is 2. The molecule has 0 fully saturated rings. The number of hydrogen-bond donors (Lipinski definition) is 2. The molecule has 0 radical (unpaired) electrons. The van der Waals surface area contributed by atoms with E-state index in [1.165, 1.54) is 12.3 Å². The van der Waals surface area contributed by atoms with Gasteiger partial charge in [-0.05, 0) is 49.2 Å². The lowest BCUT2D eigenvalue weighted by molar-refractivity contribution is -0.131. The van der Waals surface area contributed by atoms with Crippen molar-refractivity contribution in [1.82, 2.24) is 0 Å². The molecule has 0 spiro atoms. The lowest BCUT2D eigenvalue weighted by Gasteiger charge is -2.07. The van der Waals surface area contributed by atoms with Crippen LogP contribution in [-0.2, 0) is 4.79 Å². The van der Waals surface area contributed by atoms with Crippen molar-refractivity contribution < 1.29 is 19.1 Å². The summed E-state index contributed by atoms with van der Waals surface area (Å²) < 4.78 is 5.13. The van der Waals surface area contributed by atoms with E-state index in [1.807, 2.05) is 6.92 Å². The third-order valence-electron chi connectivity index (χ3n) is 3.00. The van der Waals surface area contributed by atoms with Crippen molar-refractivity contribution >= 4 is 23.6 Å². The van der Waals surface area contributed by atoms with Crippen molar-refractivity contribution in [3.05, 3.63) is 59.1 Å². The average Bonchev–Trinajstić information content (AvgIpc) is 2.84. The Labute approximate surface area is 121 Å². The van der Waals surface area contributed by atoms with Gasteiger partial charge in [-0.3, -0.25) is 4.79 Å². The molecule has 0 saturated heterocycles. The van der Waals surface area contributed by atoms with Crippen LogP contribution in [-0.4, -0.2) is 17.0 Å². The van der Waals surface area contributed by atoms with E-state index in [1.54, 1.807) is 31.2 Å². The van der Waals surface area contributed by atoms with Crippen molar-refractivity contribution in [3.8, 4) is 0 Å². The highest BCUT2D eigenvalue weighted by Gasteiger charge is 2.12. The molecular formula is C16H15NO4. The highest BCUT2D eigenvalue weighted by atomic mass is 16.4. The summed E-state index contributed by atoms with van der Waals surface area (Å²) in [5.74, 6) is -1.03. The Hall–Kier alpha value is -2.82. The summed E-state index contributed by atoms with van der Waals surface area (Å²) in [6.07, 6.45) is 4.06. The number of carboxylic acid groups (broad SMARTS) is 1. The number of anilines is 1. The third-order valence-corrected chi connectivity index (χ3v) is 3.00. The van der Waals surface area contributed by atoms with Crippen molar-refractivity contribution in [2.45, 2.75) is 13.8 Å². The molecule has 0 aliphatic heterocycles. The number of carboxylic acids is 1. The van der Waals surface area contributed by atoms with Crippen molar-refractivity contribution in [1.29, 1.82) is 0 Å². The summed E-state index contributed by atoms with van der Waals surface area (Å²) in [5, 5.41) is 11.4. The Balaban J connectivity index is 2.15. The summed E-state index contributed by atoms with van der Waals surface area (Å²) >= 11 is 0. The molecule has 5 nitrogen and oxygen atoms in total. The van der Waals surface area contributed by atoms with Crippen LogP contribution in [0.5, 0.6) is 0 Å². The number of amides is 1. The number of carbonyl (C=O) groups is 2. The number of aliphatic carboxylic acids is 1. The van der Waals surface area contributed by atoms with E-state index in [2.05, 4.69) is 5.32 Å². The minimum absolute atomic E-state index is 0.280. The highest BCUT2D eigenvalue weighted by Crippen LogP contribution is 2.18. The number of rotatable bonds is 4. The first-order valence-electron chi connectivity index (χ1n) is 6.34. The smallest absolute Gasteiger partial charge is 0.328 e. The third kappa shape index (κ3) is 3.60. The van der Waals surface area contributed by atoms with Crippen LogP contribution in [0, 0.1) is 13.8 Å². The van der Waals surface area contributed by atoms with Crippen LogP contribution in [0.4, 0.5) is 5.69 Å². The fourth-order valence-electron chi connectivity index (χ4n) is 1.89. The summed E-state index contributed by atoms with van der Waals surface area (Å²) in [6.45, 7) is 3.64. The zero-order chi connectivity index (χ0) is 15.4. The Bertz CT molecular complexity index is 713. The topological polar surface area (TPSA) is 79.5 Å². The van der Waals surface area contributed by atoms with Gasteiger partial charge in [0.15, 0.2) is 5.76 Å². The second-order valence-electron chi connectivity index (χ2n) is 4.63. The molecule has 2 rings (SSSR count). The highest BCUT2D eigenvalue weighted by molar-refractivity contribution is 6.03. The zero-order valence-corrected chi connectivity index (χ0v) is 11.7. The second-order valence-corrected chi connectivity index (χ2v) is 4.63. The maximum atomic E-state index is 12.0. The van der Waals surface area contributed by atoms with Gasteiger partial charge in [-0.1, -0.05) is 6.07 Å². The van der Waals surface area contributed by atoms with E-state index in [9.17, 15) is 9.59 Å². The van der Waals surface area contributed by atoms with Gasteiger partial charge in [0.2, 0.25) is 0 Å². The van der Waals surface area contributed by atoms with E-state index in [0.29, 0.717) is 5.69 Å². The maximum absolute atomic E-state index is 12.0. The molecule has 0 saturated carbocycles. The molecule has 1 aromatic carbocycles. The Kier molecular flexibility index (Phi) is 4.23. The van der Waals surface area contributed by atoms with Crippen LogP contribution < -0.4 is 5.32 Å². The Morgan fingerprint density at radius 2 is 1.95 bits per heavy atom. The minimum Gasteiger partial charge on any atom is -0.478 e. The van der Waals surface area contributed by atoms with E-state index < -0.39 is 5.97 Å². The molecule has 1 aromatic heterocycles. The summed E-state index contributed by atoms with van der Waals surface area (Å²) in [5.41, 5.74) is 3.04. The van der Waals surface area contributed by atoms with Gasteiger partial charge < -0.3 is 14.8 Å². The number of furan rings is 1. The van der Waals surface area contributed by atoms with Crippen LogP contribution >= 0.6 is 0 Å². The van der Waals surface area contributed by atoms with Gasteiger partial charge in [0, 0.05) is 17.3 Å². The van der Waals surface area contributed by atoms with Gasteiger partial charge in [0.25, 0.3) is 5.91 Å². The van der Waals surface area contributed by atoms with Crippen LogP contribution in [0.3, 0.4) is 0 Å². The molecule has 108 valence electrons. The van der Waals surface area contributed by atoms with Crippen LogP contribution in [0.15, 0.2) is 41.0 Å². The molecule has 5 heteroatoms. The SMILES string of the molecule is Cc1cc(NC(=O)c2occc2C)ccc1C=CC(=O)O. The predicted octanol–water partition coefficient (Wildman–Crippen LogP) is 3.25. The Morgan fingerprint density at radius 1 is 1.19 bits per heavy atom. The van der Waals surface area contributed by atoms with Gasteiger partial charge in [0.1, 0.15) is 0 Å². The van der Waals surface area contributed by atoms with Crippen molar-refractivity contribution in [2.75, 3.05) is 5.32 Å². The molecule has 2 N–H and O–H groups in total. The van der Waals surface area contributed by atoms with E-state index in [4.69, 9.17) is 9.52 Å². The maximum Gasteiger partial charge on any atom is 0.328 e. The van der Waals surface area contributed by atoms with Gasteiger partial charge >= 0.3 is 5.97 Å². The summed E-state index contributed by atoms with van der Waals surface area (Å²) in [7, 11) is 0. The monoisotopic (exact) mass is 285 g/mol. The molecule has 0 unspecified atom stereocenters. The van der Waals surface area contributed by atoms with Gasteiger partial charge in [-0.25, -0.2) is 4.79 Å². The zero-order valence-electron chi connectivity index (χ0n) is 11.7. The van der Waals surface area contributed by atoms with Crippen LogP contribution in [0.1, 0.15) is 27.2 Å². The van der Waals surface area contributed by atoms with Gasteiger partial charge in [-0.2, -0.15) is 0 Å². The number of carbonyl (C=O) groups excluding carboxylic acids is 1. The number of benzene rings is 1. The lowest BCUT2D eigenvalue weighted by atomic mass is 10.1. The quantitative estimate of drug-likeness (QED) is 0.845. The fourth-order valence-corrected chi connectivity index (χ4v) is 1.89. The van der Waals surface area contributed by atoms with Crippen molar-refractivity contribution in [3.63, 3.8) is 0 Å². The van der Waals surface area contributed by atoms with Gasteiger partial charge in [0.05, 0.1) is 6.26 Å². The molecule has 2 aromatic rings. The Morgan fingerprint density at radius 3 is 2.52 bits per heavy atom. The van der Waals surface area contributed by atoms with Crippen molar-refractivity contribution in [2.24, 2.45) is 0 Å². The van der Waals surface area contributed by atoms with E-state index in [0.717, 1.165) is 22.8 Å². The van der Waals surface area contributed by atoms with E-state index in [-0.39, 0.29) is 11.7 Å². The molecular weight excluding hydrogens is 270 g/mol. The first-order chi connectivity index (χ1) is 9.97. The van der Waals surface area contributed by atoms with E-state index >= 15 is 0 Å². The van der Waals surface area contributed by atoms with Crippen LogP contribution in [0.2, 0.25) is 0 Å². The predicted molar refractivity (Wildman–Crippen MR) is 79.2 cm³/mol. The fraction of sp³-hybridized carbons (Fsp3) is 0.125. The van der Waals surface area contributed by atoms with Crippen LogP contribution in [0.25, 0.3) is 6.08 Å². The molecule has 0 bridgehead atoms. The lowest BCUT2D eigenvalue weighted by Crippen LogP contribution is -2.12. The van der Waals surface area contributed by atoms with Gasteiger partial charge in [-0.15, -0.1) is 0 Å². The molecule has 1 amide bonds. The summed E-state index contributed by atoms with van der Waals surface area (Å²) in [4.78, 5) is 22.5. The molecule has 21 heavy (non-hydrogen) atoms. The molecule has 1 heterocycles. The number of nitrogens with one attached hydrogen (secondary N) is 1. The first-order valence-corrected chi connectivity index (χ1v) is 6.34. The standard InChI is InChI=1S/C16H15NO4/c1-10-7-8-21-15(10)16(20)17-13-5-3-12(11(2)9-13)4-6-14(18)19/h3-9H,1-2H3,(H,17,20)(H,18,19). The average molecular weight is 285 g/mol. The normalized spacial score (nSPS) is 10.8. The molecule has 0 atom stereocenters. The first kappa shape index (κ1) is 14.6. The molecule has 0 aliphatic rings. The molecule has 0 aliphatic carbocycles. The summed E-state index contributed by atoms with van der Waals surface area (Å²) in [6, 6.07) is 6.96. The minimum atomic E-state index is -1.000. The second kappa shape index (κ2) is 6.09.